The quantitative estimate of drug-likeness (QED) is 0.189. The van der Waals surface area contributed by atoms with Crippen LogP contribution in [0.3, 0.4) is 0 Å². The molecule has 1 unspecified atom stereocenters. The van der Waals surface area contributed by atoms with Crippen LogP contribution in [0.15, 0.2) is 53.7 Å². The predicted molar refractivity (Wildman–Crippen MR) is 129 cm³/mol. The van der Waals surface area contributed by atoms with E-state index in [9.17, 15) is 13.9 Å². The van der Waals surface area contributed by atoms with Gasteiger partial charge < -0.3 is 25.5 Å². The highest BCUT2D eigenvalue weighted by molar-refractivity contribution is 14.0. The van der Waals surface area contributed by atoms with E-state index in [2.05, 4.69) is 20.6 Å². The lowest BCUT2D eigenvalue weighted by Gasteiger charge is -2.14. The Kier molecular flexibility index (Phi) is 9.99. The lowest BCUT2D eigenvalue weighted by Crippen LogP contribution is -2.39. The van der Waals surface area contributed by atoms with Crippen molar-refractivity contribution < 1.29 is 18.6 Å². The molecular weight excluding hydrogens is 517 g/mol. The smallest absolute Gasteiger partial charge is 0.191 e. The minimum absolute atomic E-state index is 0. The lowest BCUT2D eigenvalue weighted by atomic mass is 10.1. The fourth-order valence-corrected chi connectivity index (χ4v) is 2.99. The summed E-state index contributed by atoms with van der Waals surface area (Å²) in [5, 5.41) is 17.3. The maximum absolute atomic E-state index is 13.5. The number of rotatable bonds is 9. The zero-order chi connectivity index (χ0) is 21.3. The van der Waals surface area contributed by atoms with Crippen LogP contribution in [-0.4, -0.2) is 48.4 Å². The molecule has 0 fully saturated rings. The van der Waals surface area contributed by atoms with Gasteiger partial charge in [0.1, 0.15) is 30.1 Å². The summed E-state index contributed by atoms with van der Waals surface area (Å²) < 4.78 is 31.8. The number of aromatic nitrogens is 1. The molecule has 2 aromatic carbocycles. The zero-order valence-corrected chi connectivity index (χ0v) is 19.5. The molecule has 0 saturated heterocycles. The Morgan fingerprint density at radius 3 is 2.61 bits per heavy atom. The Hall–Kier alpha value is -2.40. The van der Waals surface area contributed by atoms with Crippen LogP contribution < -0.4 is 15.4 Å². The van der Waals surface area contributed by atoms with Gasteiger partial charge in [0, 0.05) is 30.2 Å². The summed E-state index contributed by atoms with van der Waals surface area (Å²) >= 11 is 0. The van der Waals surface area contributed by atoms with E-state index in [-0.39, 0.29) is 48.8 Å². The second kappa shape index (κ2) is 12.5. The number of halogens is 3. The van der Waals surface area contributed by atoms with E-state index >= 15 is 0 Å². The second-order valence-electron chi connectivity index (χ2n) is 6.82. The Labute approximate surface area is 197 Å². The third-order valence-corrected chi connectivity index (χ3v) is 4.48. The number of fused-ring (bicyclic) bond motifs is 1. The lowest BCUT2D eigenvalue weighted by molar-refractivity contribution is 0.114. The molecule has 4 N–H and O–H groups in total. The first-order chi connectivity index (χ1) is 14.5. The van der Waals surface area contributed by atoms with Gasteiger partial charge in [0.25, 0.3) is 0 Å². The number of aliphatic imine (C=N–C) groups is 1. The molecule has 1 heterocycles. The van der Waals surface area contributed by atoms with Crippen LogP contribution in [0.5, 0.6) is 5.75 Å². The molecule has 168 valence electrons. The monoisotopic (exact) mass is 544 g/mol. The van der Waals surface area contributed by atoms with E-state index in [0.29, 0.717) is 31.2 Å². The number of hydrogen-bond donors (Lipinski definition) is 4. The van der Waals surface area contributed by atoms with Crippen LogP contribution >= 0.6 is 24.0 Å². The topological polar surface area (TPSA) is 81.7 Å². The number of benzene rings is 2. The van der Waals surface area contributed by atoms with Crippen molar-refractivity contribution in [3.63, 3.8) is 0 Å². The van der Waals surface area contributed by atoms with Crippen LogP contribution in [0, 0.1) is 11.6 Å². The maximum atomic E-state index is 13.5. The SMILES string of the molecule is CCNC(=NCC(O)COc1ccc(F)cc1)NCCc1c[nH]c2ccc(F)cc12.I. The molecule has 1 atom stereocenters. The van der Waals surface area contributed by atoms with E-state index in [4.69, 9.17) is 4.74 Å². The first kappa shape index (κ1) is 24.9. The molecule has 1 aromatic heterocycles. The van der Waals surface area contributed by atoms with Crippen LogP contribution in [0.2, 0.25) is 0 Å². The molecule has 0 aliphatic carbocycles. The number of nitrogens with one attached hydrogen (secondary N) is 3. The highest BCUT2D eigenvalue weighted by atomic mass is 127. The van der Waals surface area contributed by atoms with E-state index in [0.717, 1.165) is 16.5 Å². The number of H-pyrrole nitrogens is 1. The van der Waals surface area contributed by atoms with Gasteiger partial charge in [-0.15, -0.1) is 24.0 Å². The molecule has 3 rings (SSSR count). The average molecular weight is 544 g/mol. The van der Waals surface area contributed by atoms with Crippen LogP contribution in [0.4, 0.5) is 8.78 Å². The Morgan fingerprint density at radius 1 is 1.13 bits per heavy atom. The molecule has 6 nitrogen and oxygen atoms in total. The summed E-state index contributed by atoms with van der Waals surface area (Å²) in [6, 6.07) is 10.3. The van der Waals surface area contributed by atoms with Crippen LogP contribution in [-0.2, 0) is 6.42 Å². The Morgan fingerprint density at radius 2 is 1.87 bits per heavy atom. The minimum Gasteiger partial charge on any atom is -0.491 e. The van der Waals surface area contributed by atoms with Crippen LogP contribution in [0.1, 0.15) is 12.5 Å². The van der Waals surface area contributed by atoms with E-state index < -0.39 is 6.10 Å². The van der Waals surface area contributed by atoms with Crippen molar-refractivity contribution in [2.24, 2.45) is 4.99 Å². The van der Waals surface area contributed by atoms with E-state index in [1.165, 1.54) is 36.4 Å². The van der Waals surface area contributed by atoms with Crippen LogP contribution in [0.25, 0.3) is 10.9 Å². The summed E-state index contributed by atoms with van der Waals surface area (Å²) in [5.41, 5.74) is 1.91. The molecule has 31 heavy (non-hydrogen) atoms. The summed E-state index contributed by atoms with van der Waals surface area (Å²) in [6.07, 6.45) is 1.76. The van der Waals surface area contributed by atoms with Crippen molar-refractivity contribution in [1.82, 2.24) is 15.6 Å². The molecule has 0 amide bonds. The standard InChI is InChI=1S/C22H26F2N4O2.HI/c1-2-25-22(28-13-18(29)14-30-19-6-3-16(23)4-7-19)26-10-9-15-12-27-21-8-5-17(24)11-20(15)21;/h3-8,11-12,18,27,29H,2,9-10,13-14H2,1H3,(H2,25,26,28);1H. The molecular formula is C22H27F2IN4O2. The van der Waals surface area contributed by atoms with Gasteiger partial charge in [-0.2, -0.15) is 0 Å². The minimum atomic E-state index is -0.804. The van der Waals surface area contributed by atoms with Gasteiger partial charge in [-0.1, -0.05) is 0 Å². The number of nitrogens with zero attached hydrogens (tertiary/aromatic N) is 1. The van der Waals surface area contributed by atoms with Gasteiger partial charge in [-0.05, 0) is 61.4 Å². The second-order valence-corrected chi connectivity index (χ2v) is 6.82. The molecule has 0 radical (unpaired) electrons. The Bertz CT molecular complexity index is 979. The number of hydrogen-bond acceptors (Lipinski definition) is 3. The number of aliphatic hydroxyl groups excluding tert-OH is 1. The number of aromatic amines is 1. The molecule has 3 aromatic rings. The predicted octanol–water partition coefficient (Wildman–Crippen LogP) is 3.60. The van der Waals surface area contributed by atoms with Gasteiger partial charge in [0.15, 0.2) is 5.96 Å². The Balaban J connectivity index is 0.00000341. The first-order valence-electron chi connectivity index (χ1n) is 9.89. The number of guanidine groups is 1. The normalized spacial score (nSPS) is 12.3. The van der Waals surface area contributed by atoms with Crippen molar-refractivity contribution in [2.45, 2.75) is 19.4 Å². The van der Waals surface area contributed by atoms with Crippen molar-refractivity contribution in [2.75, 3.05) is 26.2 Å². The van der Waals surface area contributed by atoms with Gasteiger partial charge in [-0.3, -0.25) is 4.99 Å². The van der Waals surface area contributed by atoms with E-state index in [1.54, 1.807) is 6.07 Å². The molecule has 9 heteroatoms. The maximum Gasteiger partial charge on any atom is 0.191 e. The summed E-state index contributed by atoms with van der Waals surface area (Å²) in [6.45, 7) is 3.42. The fourth-order valence-electron chi connectivity index (χ4n) is 2.99. The first-order valence-corrected chi connectivity index (χ1v) is 9.89. The summed E-state index contributed by atoms with van der Waals surface area (Å²) in [4.78, 5) is 7.51. The van der Waals surface area contributed by atoms with Gasteiger partial charge in [-0.25, -0.2) is 8.78 Å². The van der Waals surface area contributed by atoms with Crippen molar-refractivity contribution >= 4 is 40.8 Å². The van der Waals surface area contributed by atoms with Crippen molar-refractivity contribution in [1.29, 1.82) is 0 Å². The third-order valence-electron chi connectivity index (χ3n) is 4.48. The van der Waals surface area contributed by atoms with Gasteiger partial charge >= 0.3 is 0 Å². The molecule has 0 aliphatic heterocycles. The highest BCUT2D eigenvalue weighted by Crippen LogP contribution is 2.19. The fraction of sp³-hybridized carbons (Fsp3) is 0.318. The number of ether oxygens (including phenoxy) is 1. The molecule has 0 aliphatic rings. The molecule has 0 saturated carbocycles. The highest BCUT2D eigenvalue weighted by Gasteiger charge is 2.08. The van der Waals surface area contributed by atoms with Crippen molar-refractivity contribution in [3.8, 4) is 5.75 Å². The summed E-state index contributed by atoms with van der Waals surface area (Å²) in [5.74, 6) is 0.457. The van der Waals surface area contributed by atoms with Gasteiger partial charge in [0.2, 0.25) is 0 Å². The molecule has 0 spiro atoms. The average Bonchev–Trinajstić information content (AvgIpc) is 3.13. The largest absolute Gasteiger partial charge is 0.491 e. The summed E-state index contributed by atoms with van der Waals surface area (Å²) in [7, 11) is 0. The number of aliphatic hydroxyl groups is 1. The third kappa shape index (κ3) is 7.66. The van der Waals surface area contributed by atoms with Gasteiger partial charge in [0.05, 0.1) is 6.54 Å². The van der Waals surface area contributed by atoms with Crippen molar-refractivity contribution in [3.05, 3.63) is 65.9 Å². The zero-order valence-electron chi connectivity index (χ0n) is 17.2. The van der Waals surface area contributed by atoms with E-state index in [1.807, 2.05) is 13.1 Å². The molecule has 0 bridgehead atoms.